The van der Waals surface area contributed by atoms with Gasteiger partial charge in [0.1, 0.15) is 11.6 Å². The van der Waals surface area contributed by atoms with E-state index in [1.165, 1.54) is 0 Å². The van der Waals surface area contributed by atoms with Crippen molar-refractivity contribution in [1.29, 1.82) is 0 Å². The smallest absolute Gasteiger partial charge is 0.328 e. The third-order valence-corrected chi connectivity index (χ3v) is 2.33. The van der Waals surface area contributed by atoms with E-state index in [-0.39, 0.29) is 6.42 Å². The summed E-state index contributed by atoms with van der Waals surface area (Å²) in [6, 6.07) is 5.74. The maximum Gasteiger partial charge on any atom is 0.328 e. The fourth-order valence-electron chi connectivity index (χ4n) is 1.57. The molecule has 0 amide bonds. The number of carboxylic acids is 1. The lowest BCUT2D eigenvalue weighted by Gasteiger charge is -2.22. The lowest BCUT2D eigenvalue weighted by Crippen LogP contribution is -2.31. The molecule has 0 saturated heterocycles. The molecule has 0 fully saturated rings. The summed E-state index contributed by atoms with van der Waals surface area (Å²) < 4.78 is 5.19. The first-order valence-corrected chi connectivity index (χ1v) is 5.98. The molecule has 1 atom stereocenters. The van der Waals surface area contributed by atoms with Gasteiger partial charge in [-0.25, -0.2) is 4.79 Å². The highest BCUT2D eigenvalue weighted by atomic mass is 16.6. The summed E-state index contributed by atoms with van der Waals surface area (Å²) in [6.07, 6.45) is -0.102. The van der Waals surface area contributed by atoms with Crippen molar-refractivity contribution in [2.75, 3.05) is 0 Å². The van der Waals surface area contributed by atoms with Crippen molar-refractivity contribution >= 4 is 11.9 Å². The van der Waals surface area contributed by atoms with Crippen LogP contribution in [0.4, 0.5) is 0 Å². The Morgan fingerprint density at radius 2 is 2.00 bits per heavy atom. The number of hydrogen-bond acceptors (Lipinski definition) is 4. The van der Waals surface area contributed by atoms with E-state index in [4.69, 9.17) is 15.6 Å². The number of rotatable bonds is 4. The zero-order valence-corrected chi connectivity index (χ0v) is 11.3. The summed E-state index contributed by atoms with van der Waals surface area (Å²) >= 11 is 0. The maximum atomic E-state index is 11.8. The third kappa shape index (κ3) is 5.09. The zero-order chi connectivity index (χ0) is 14.6. The van der Waals surface area contributed by atoms with E-state index in [0.29, 0.717) is 11.1 Å². The van der Waals surface area contributed by atoms with Crippen molar-refractivity contribution in [1.82, 2.24) is 0 Å². The molecule has 0 heterocycles. The van der Waals surface area contributed by atoms with Gasteiger partial charge in [-0.1, -0.05) is 24.3 Å². The molecule has 1 aromatic rings. The summed E-state index contributed by atoms with van der Waals surface area (Å²) in [7, 11) is 0. The van der Waals surface area contributed by atoms with Crippen molar-refractivity contribution in [3.63, 3.8) is 0 Å². The Balaban J connectivity index is 2.84. The van der Waals surface area contributed by atoms with E-state index < -0.39 is 23.6 Å². The largest absolute Gasteiger partial charge is 0.481 e. The average molecular weight is 265 g/mol. The Morgan fingerprint density at radius 3 is 2.53 bits per heavy atom. The zero-order valence-electron chi connectivity index (χ0n) is 11.3. The van der Waals surface area contributed by atoms with Crippen LogP contribution in [-0.2, 0) is 20.7 Å². The Hall–Kier alpha value is -1.88. The SMILES string of the molecule is CC(C)(C)OC(=O)C(N)c1cccc(CC(=O)O)c1. The van der Waals surface area contributed by atoms with Gasteiger partial charge in [0.05, 0.1) is 6.42 Å². The van der Waals surface area contributed by atoms with Crippen LogP contribution in [0, 0.1) is 0 Å². The minimum atomic E-state index is -0.928. The second-order valence-electron chi connectivity index (χ2n) is 5.33. The molecule has 0 bridgehead atoms. The van der Waals surface area contributed by atoms with E-state index in [1.54, 1.807) is 45.0 Å². The molecule has 19 heavy (non-hydrogen) atoms. The molecule has 1 rings (SSSR count). The first-order chi connectivity index (χ1) is 8.69. The van der Waals surface area contributed by atoms with Crippen molar-refractivity contribution in [2.45, 2.75) is 38.8 Å². The summed E-state index contributed by atoms with van der Waals surface area (Å²) in [5.41, 5.74) is 6.37. The molecule has 0 aliphatic rings. The molecule has 0 saturated carbocycles. The Bertz CT molecular complexity index is 477. The van der Waals surface area contributed by atoms with Crippen LogP contribution in [-0.4, -0.2) is 22.6 Å². The molecular formula is C14H19NO4. The van der Waals surface area contributed by atoms with Gasteiger partial charge in [-0.15, -0.1) is 0 Å². The monoisotopic (exact) mass is 265 g/mol. The van der Waals surface area contributed by atoms with Crippen LogP contribution in [0.1, 0.15) is 37.9 Å². The molecule has 104 valence electrons. The number of nitrogens with two attached hydrogens (primary N) is 1. The Labute approximate surface area is 112 Å². The fourth-order valence-corrected chi connectivity index (χ4v) is 1.57. The number of carbonyl (C=O) groups is 2. The van der Waals surface area contributed by atoms with E-state index in [0.717, 1.165) is 0 Å². The number of carboxylic acid groups (broad SMARTS) is 1. The van der Waals surface area contributed by atoms with Gasteiger partial charge in [-0.2, -0.15) is 0 Å². The number of esters is 1. The molecule has 0 aromatic heterocycles. The fraction of sp³-hybridized carbons (Fsp3) is 0.429. The van der Waals surface area contributed by atoms with Crippen LogP contribution in [0.5, 0.6) is 0 Å². The van der Waals surface area contributed by atoms with Crippen LogP contribution in [0.3, 0.4) is 0 Å². The normalized spacial score (nSPS) is 12.8. The van der Waals surface area contributed by atoms with Crippen LogP contribution in [0.15, 0.2) is 24.3 Å². The molecule has 5 heteroatoms. The first-order valence-electron chi connectivity index (χ1n) is 5.98. The molecule has 1 aromatic carbocycles. The lowest BCUT2D eigenvalue weighted by atomic mass is 10.0. The van der Waals surface area contributed by atoms with Crippen molar-refractivity contribution in [2.24, 2.45) is 5.73 Å². The van der Waals surface area contributed by atoms with Crippen LogP contribution in [0.25, 0.3) is 0 Å². The summed E-state index contributed by atoms with van der Waals surface area (Å²) in [4.78, 5) is 22.5. The van der Waals surface area contributed by atoms with Crippen LogP contribution in [0.2, 0.25) is 0 Å². The predicted octanol–water partition coefficient (Wildman–Crippen LogP) is 1.66. The number of ether oxygens (including phenoxy) is 1. The summed E-state index contributed by atoms with van der Waals surface area (Å²) in [5.74, 6) is -1.46. The van der Waals surface area contributed by atoms with E-state index in [9.17, 15) is 9.59 Å². The highest BCUT2D eigenvalue weighted by molar-refractivity contribution is 5.78. The van der Waals surface area contributed by atoms with E-state index in [1.807, 2.05) is 0 Å². The Kier molecular flexibility index (Phi) is 4.67. The van der Waals surface area contributed by atoms with Crippen molar-refractivity contribution in [3.8, 4) is 0 Å². The predicted molar refractivity (Wildman–Crippen MR) is 70.6 cm³/mol. The van der Waals surface area contributed by atoms with Gasteiger partial charge in [0, 0.05) is 0 Å². The number of hydrogen-bond donors (Lipinski definition) is 2. The van der Waals surface area contributed by atoms with E-state index >= 15 is 0 Å². The number of aliphatic carboxylic acids is 1. The molecule has 0 aliphatic carbocycles. The molecule has 1 unspecified atom stereocenters. The van der Waals surface area contributed by atoms with Gasteiger partial charge in [-0.05, 0) is 31.9 Å². The lowest BCUT2D eigenvalue weighted by molar-refractivity contribution is -0.156. The molecule has 3 N–H and O–H groups in total. The molecule has 0 radical (unpaired) electrons. The van der Waals surface area contributed by atoms with Crippen molar-refractivity contribution < 1.29 is 19.4 Å². The molecule has 0 aliphatic heterocycles. The maximum absolute atomic E-state index is 11.8. The van der Waals surface area contributed by atoms with Gasteiger partial charge < -0.3 is 15.6 Å². The van der Waals surface area contributed by atoms with Gasteiger partial charge in [0.2, 0.25) is 0 Å². The van der Waals surface area contributed by atoms with E-state index in [2.05, 4.69) is 0 Å². The van der Waals surface area contributed by atoms with Gasteiger partial charge in [-0.3, -0.25) is 4.79 Å². The summed E-state index contributed by atoms with van der Waals surface area (Å²) in [6.45, 7) is 5.29. The highest BCUT2D eigenvalue weighted by Gasteiger charge is 2.23. The van der Waals surface area contributed by atoms with Crippen molar-refractivity contribution in [3.05, 3.63) is 35.4 Å². The van der Waals surface area contributed by atoms with Gasteiger partial charge >= 0.3 is 11.9 Å². The van der Waals surface area contributed by atoms with Crippen LogP contribution >= 0.6 is 0 Å². The van der Waals surface area contributed by atoms with Crippen LogP contribution < -0.4 is 5.73 Å². The topological polar surface area (TPSA) is 89.6 Å². The second-order valence-corrected chi connectivity index (χ2v) is 5.33. The van der Waals surface area contributed by atoms with Gasteiger partial charge in [0.25, 0.3) is 0 Å². The van der Waals surface area contributed by atoms with Gasteiger partial charge in [0.15, 0.2) is 0 Å². The molecule has 5 nitrogen and oxygen atoms in total. The average Bonchev–Trinajstić information content (AvgIpc) is 2.25. The highest BCUT2D eigenvalue weighted by Crippen LogP contribution is 2.18. The minimum absolute atomic E-state index is 0.102. The number of carbonyl (C=O) groups excluding carboxylic acids is 1. The third-order valence-electron chi connectivity index (χ3n) is 2.33. The molecular weight excluding hydrogens is 246 g/mol. The molecule has 0 spiro atoms. The minimum Gasteiger partial charge on any atom is -0.481 e. The quantitative estimate of drug-likeness (QED) is 0.808. The first kappa shape index (κ1) is 15.2. The second kappa shape index (κ2) is 5.84. The Morgan fingerprint density at radius 1 is 1.37 bits per heavy atom. The standard InChI is InChI=1S/C14H19NO4/c1-14(2,3)19-13(18)12(15)10-6-4-5-9(7-10)8-11(16)17/h4-7,12H,8,15H2,1-3H3,(H,16,17). The summed E-state index contributed by atoms with van der Waals surface area (Å²) in [5, 5.41) is 8.74. The number of benzene rings is 1.